The molecule has 0 radical (unpaired) electrons. The molecule has 1 aliphatic carbocycles. The van der Waals surface area contributed by atoms with Gasteiger partial charge in [-0.3, -0.25) is 0 Å². The van der Waals surface area contributed by atoms with Gasteiger partial charge in [-0.2, -0.15) is 11.8 Å². The lowest BCUT2D eigenvalue weighted by Crippen LogP contribution is -2.18. The molecule has 1 aromatic heterocycles. The fraction of sp³-hybridized carbons (Fsp3) is 0.533. The number of nitrogens with zero attached hydrogens (tertiary/aromatic N) is 2. The summed E-state index contributed by atoms with van der Waals surface area (Å²) in [4.78, 5) is 4.71. The lowest BCUT2D eigenvalue weighted by molar-refractivity contribution is 0.527. The van der Waals surface area contributed by atoms with Gasteiger partial charge in [0.2, 0.25) is 0 Å². The van der Waals surface area contributed by atoms with Crippen molar-refractivity contribution in [2.45, 2.75) is 43.4 Å². The molecule has 0 N–H and O–H groups in total. The van der Waals surface area contributed by atoms with Crippen molar-refractivity contribution < 1.29 is 0 Å². The summed E-state index contributed by atoms with van der Waals surface area (Å²) in [6.07, 6.45) is 3.84. The highest BCUT2D eigenvalue weighted by atomic mass is 79.9. The van der Waals surface area contributed by atoms with E-state index in [2.05, 4.69) is 51.3 Å². The number of rotatable bonds is 4. The Balaban J connectivity index is 2.10. The van der Waals surface area contributed by atoms with Crippen LogP contribution in [0, 0.1) is 0 Å². The van der Waals surface area contributed by atoms with Crippen LogP contribution in [0.4, 0.5) is 0 Å². The summed E-state index contributed by atoms with van der Waals surface area (Å²) >= 11 is 11.8. The highest BCUT2D eigenvalue weighted by Crippen LogP contribution is 2.41. The van der Waals surface area contributed by atoms with Gasteiger partial charge in [-0.1, -0.05) is 29.3 Å². The van der Waals surface area contributed by atoms with E-state index in [1.807, 2.05) is 6.07 Å². The van der Waals surface area contributed by atoms with Crippen molar-refractivity contribution in [2.24, 2.45) is 0 Å². The molecule has 5 heteroatoms. The Hall–Kier alpha value is -0.190. The number of thioether (sulfide) groups is 1. The summed E-state index contributed by atoms with van der Waals surface area (Å²) in [5, 5.41) is 0.693. The van der Waals surface area contributed by atoms with E-state index in [4.69, 9.17) is 16.6 Å². The minimum absolute atomic E-state index is 0.478. The summed E-state index contributed by atoms with van der Waals surface area (Å²) in [6.45, 7) is 2.24. The number of hydrogen-bond donors (Lipinski definition) is 0. The van der Waals surface area contributed by atoms with Crippen LogP contribution in [0.3, 0.4) is 0 Å². The first kappa shape index (κ1) is 14.7. The van der Waals surface area contributed by atoms with Gasteiger partial charge < -0.3 is 4.57 Å². The van der Waals surface area contributed by atoms with Crippen LogP contribution in [-0.4, -0.2) is 20.6 Å². The molecular weight excluding hydrogens is 356 g/mol. The number of imidazole rings is 1. The average Bonchev–Trinajstić information content (AvgIpc) is 3.02. The van der Waals surface area contributed by atoms with Crippen molar-refractivity contribution in [3.05, 3.63) is 28.5 Å². The maximum atomic E-state index is 6.14. The number of hydrogen-bond acceptors (Lipinski definition) is 2. The second-order valence-corrected chi connectivity index (χ2v) is 7.86. The van der Waals surface area contributed by atoms with Crippen LogP contribution < -0.4 is 0 Å². The van der Waals surface area contributed by atoms with Crippen molar-refractivity contribution in [3.8, 4) is 0 Å². The molecule has 1 aromatic carbocycles. The van der Waals surface area contributed by atoms with E-state index in [0.29, 0.717) is 17.2 Å². The maximum absolute atomic E-state index is 6.14. The van der Waals surface area contributed by atoms with E-state index in [9.17, 15) is 0 Å². The molecule has 2 nitrogen and oxygen atoms in total. The Morgan fingerprint density at radius 2 is 2.30 bits per heavy atom. The molecule has 2 unspecified atom stereocenters. The molecule has 1 aliphatic rings. The van der Waals surface area contributed by atoms with Gasteiger partial charge in [0.25, 0.3) is 0 Å². The van der Waals surface area contributed by atoms with Crippen LogP contribution in [0.2, 0.25) is 0 Å². The molecule has 1 fully saturated rings. The summed E-state index contributed by atoms with van der Waals surface area (Å²) < 4.78 is 3.50. The van der Waals surface area contributed by atoms with E-state index in [0.717, 1.165) is 15.8 Å². The summed E-state index contributed by atoms with van der Waals surface area (Å²) in [7, 11) is 0. The number of fused-ring (bicyclic) bond motifs is 1. The lowest BCUT2D eigenvalue weighted by atomic mass is 10.2. The molecule has 2 aromatic rings. The van der Waals surface area contributed by atoms with Gasteiger partial charge in [-0.05, 0) is 36.8 Å². The molecule has 0 spiro atoms. The van der Waals surface area contributed by atoms with Crippen molar-refractivity contribution in [3.63, 3.8) is 0 Å². The summed E-state index contributed by atoms with van der Waals surface area (Å²) in [5.41, 5.74) is 2.26. The number of halogens is 2. The van der Waals surface area contributed by atoms with Crippen LogP contribution >= 0.6 is 39.3 Å². The minimum atomic E-state index is 0.478. The first-order valence-corrected chi connectivity index (χ1v) is 9.46. The van der Waals surface area contributed by atoms with Crippen LogP contribution in [0.5, 0.6) is 0 Å². The Morgan fingerprint density at radius 1 is 1.45 bits per heavy atom. The summed E-state index contributed by atoms with van der Waals surface area (Å²) in [5.74, 6) is 2.66. The van der Waals surface area contributed by atoms with E-state index in [-0.39, 0.29) is 0 Å². The summed E-state index contributed by atoms with van der Waals surface area (Å²) in [6, 6.07) is 6.82. The quantitative estimate of drug-likeness (QED) is 0.669. The molecule has 2 atom stereocenters. The predicted octanol–water partition coefficient (Wildman–Crippen LogP) is 5.38. The molecule has 20 heavy (non-hydrogen) atoms. The standard InChI is InChI=1S/C15H18BrClN2S/c1-2-20-14-5-3-4-12(14)19-13-8-10(16)6-7-11(13)18-15(19)9-17/h6-8,12,14H,2-5,9H2,1H3. The van der Waals surface area contributed by atoms with Gasteiger partial charge in [0.05, 0.1) is 16.9 Å². The molecule has 3 rings (SSSR count). The van der Waals surface area contributed by atoms with E-state index >= 15 is 0 Å². The number of benzene rings is 1. The van der Waals surface area contributed by atoms with Crippen molar-refractivity contribution in [2.75, 3.05) is 5.75 Å². The van der Waals surface area contributed by atoms with Gasteiger partial charge >= 0.3 is 0 Å². The zero-order chi connectivity index (χ0) is 14.1. The highest BCUT2D eigenvalue weighted by molar-refractivity contribution is 9.10. The van der Waals surface area contributed by atoms with Crippen LogP contribution in [-0.2, 0) is 5.88 Å². The lowest BCUT2D eigenvalue weighted by Gasteiger charge is -2.23. The topological polar surface area (TPSA) is 17.8 Å². The van der Waals surface area contributed by atoms with Crippen molar-refractivity contribution >= 4 is 50.3 Å². The van der Waals surface area contributed by atoms with Crippen LogP contribution in [0.25, 0.3) is 11.0 Å². The largest absolute Gasteiger partial charge is 0.323 e. The fourth-order valence-electron chi connectivity index (χ4n) is 3.19. The Morgan fingerprint density at radius 3 is 3.05 bits per heavy atom. The molecule has 0 aliphatic heterocycles. The minimum Gasteiger partial charge on any atom is -0.323 e. The zero-order valence-electron chi connectivity index (χ0n) is 11.5. The monoisotopic (exact) mass is 372 g/mol. The van der Waals surface area contributed by atoms with Crippen LogP contribution in [0.15, 0.2) is 22.7 Å². The molecule has 1 heterocycles. The third kappa shape index (κ3) is 2.62. The van der Waals surface area contributed by atoms with Crippen LogP contribution in [0.1, 0.15) is 38.1 Å². The normalized spacial score (nSPS) is 22.8. The molecule has 108 valence electrons. The van der Waals surface area contributed by atoms with Gasteiger partial charge in [0.15, 0.2) is 0 Å². The van der Waals surface area contributed by atoms with Gasteiger partial charge in [0.1, 0.15) is 5.82 Å². The molecule has 0 bridgehead atoms. The molecule has 0 amide bonds. The highest BCUT2D eigenvalue weighted by Gasteiger charge is 2.31. The zero-order valence-corrected chi connectivity index (χ0v) is 14.6. The molecule has 0 saturated heterocycles. The number of aromatic nitrogens is 2. The third-order valence-corrected chi connectivity index (χ3v) is 6.02. The first-order chi connectivity index (χ1) is 9.74. The van der Waals surface area contributed by atoms with E-state index in [1.54, 1.807) is 0 Å². The second kappa shape index (κ2) is 6.29. The van der Waals surface area contributed by atoms with Crippen molar-refractivity contribution in [1.82, 2.24) is 9.55 Å². The molecule has 1 saturated carbocycles. The Bertz CT molecular complexity index is 613. The Labute approximate surface area is 137 Å². The smallest absolute Gasteiger partial charge is 0.125 e. The third-order valence-electron chi connectivity index (χ3n) is 3.97. The van der Waals surface area contributed by atoms with Gasteiger partial charge in [-0.15, -0.1) is 11.6 Å². The predicted molar refractivity (Wildman–Crippen MR) is 91.8 cm³/mol. The maximum Gasteiger partial charge on any atom is 0.125 e. The van der Waals surface area contributed by atoms with E-state index in [1.165, 1.54) is 30.5 Å². The van der Waals surface area contributed by atoms with Gasteiger partial charge in [-0.25, -0.2) is 4.98 Å². The second-order valence-electron chi connectivity index (χ2n) is 5.16. The van der Waals surface area contributed by atoms with E-state index < -0.39 is 0 Å². The molecular formula is C15H18BrClN2S. The van der Waals surface area contributed by atoms with Crippen molar-refractivity contribution in [1.29, 1.82) is 0 Å². The van der Waals surface area contributed by atoms with Gasteiger partial charge in [0, 0.05) is 15.8 Å². The first-order valence-electron chi connectivity index (χ1n) is 7.08. The SMILES string of the molecule is CCSC1CCCC1n1c(CCl)nc2ccc(Br)cc21. The average molecular weight is 374 g/mol. The number of alkyl halides is 1. The fourth-order valence-corrected chi connectivity index (χ4v) is 4.97. The Kier molecular flexibility index (Phi) is 4.63.